The maximum absolute atomic E-state index is 11.9. The summed E-state index contributed by atoms with van der Waals surface area (Å²) in [4.78, 5) is 12.9. The summed E-state index contributed by atoms with van der Waals surface area (Å²) in [6, 6.07) is 16.1. The van der Waals surface area contributed by atoms with E-state index < -0.39 is 0 Å². The van der Waals surface area contributed by atoms with Gasteiger partial charge < -0.3 is 5.32 Å². The van der Waals surface area contributed by atoms with E-state index >= 15 is 0 Å². The minimum Gasteiger partial charge on any atom is -0.376 e. The molecule has 2 N–H and O–H groups in total. The highest BCUT2D eigenvalue weighted by Crippen LogP contribution is 2.22. The summed E-state index contributed by atoms with van der Waals surface area (Å²) in [6.45, 7) is 2.19. The molecule has 4 nitrogen and oxygen atoms in total. The lowest BCUT2D eigenvalue weighted by Crippen LogP contribution is -2.25. The third-order valence-corrected chi connectivity index (χ3v) is 4.46. The van der Waals surface area contributed by atoms with Crippen LogP contribution in [0.5, 0.6) is 0 Å². The van der Waals surface area contributed by atoms with Crippen molar-refractivity contribution < 1.29 is 4.79 Å². The van der Waals surface area contributed by atoms with Crippen LogP contribution in [-0.4, -0.2) is 18.7 Å². The molecule has 0 atom stereocenters. The van der Waals surface area contributed by atoms with Crippen LogP contribution in [0, 0.1) is 6.92 Å². The Hall–Kier alpha value is -2.66. The average molecular weight is 323 g/mol. The molecule has 0 spiro atoms. The minimum absolute atomic E-state index is 0.175. The van der Waals surface area contributed by atoms with Crippen molar-refractivity contribution in [1.29, 1.82) is 0 Å². The molecule has 0 bridgehead atoms. The van der Waals surface area contributed by atoms with E-state index in [0.717, 1.165) is 26.9 Å². The SMILES string of the molecule is Cc1ccsc1/C=N\NC(=O)CNc1cccc2ccccc12. The lowest BCUT2D eigenvalue weighted by Gasteiger charge is -2.08. The van der Waals surface area contributed by atoms with Gasteiger partial charge in [-0.3, -0.25) is 4.79 Å². The summed E-state index contributed by atoms with van der Waals surface area (Å²) in [5.74, 6) is -0.177. The Morgan fingerprint density at radius 3 is 2.83 bits per heavy atom. The fourth-order valence-electron chi connectivity index (χ4n) is 2.27. The van der Waals surface area contributed by atoms with Crippen molar-refractivity contribution in [3.8, 4) is 0 Å². The number of thiophene rings is 1. The number of carbonyl (C=O) groups excluding carboxylic acids is 1. The number of hydrazone groups is 1. The Kier molecular flexibility index (Phi) is 4.68. The number of fused-ring (bicyclic) bond motifs is 1. The van der Waals surface area contributed by atoms with Gasteiger partial charge in [-0.15, -0.1) is 11.3 Å². The highest BCUT2D eigenvalue weighted by atomic mass is 32.1. The lowest BCUT2D eigenvalue weighted by molar-refractivity contribution is -0.119. The van der Waals surface area contributed by atoms with Gasteiger partial charge in [-0.05, 0) is 35.4 Å². The molecule has 0 saturated carbocycles. The molecule has 5 heteroatoms. The van der Waals surface area contributed by atoms with Gasteiger partial charge in [0.15, 0.2) is 0 Å². The molecule has 0 radical (unpaired) electrons. The van der Waals surface area contributed by atoms with E-state index in [2.05, 4.69) is 15.8 Å². The molecular formula is C18H17N3OS. The minimum atomic E-state index is -0.177. The van der Waals surface area contributed by atoms with Crippen LogP contribution in [0.1, 0.15) is 10.4 Å². The van der Waals surface area contributed by atoms with Crippen molar-refractivity contribution in [1.82, 2.24) is 5.43 Å². The molecular weight excluding hydrogens is 306 g/mol. The molecule has 1 heterocycles. The van der Waals surface area contributed by atoms with E-state index in [1.807, 2.05) is 60.8 Å². The summed E-state index contributed by atoms with van der Waals surface area (Å²) in [6.07, 6.45) is 1.68. The van der Waals surface area contributed by atoms with Gasteiger partial charge in [0.05, 0.1) is 12.8 Å². The van der Waals surface area contributed by atoms with Gasteiger partial charge in [0.2, 0.25) is 0 Å². The summed E-state index contributed by atoms with van der Waals surface area (Å²) in [5, 5.41) is 11.4. The predicted octanol–water partition coefficient (Wildman–Crippen LogP) is 3.77. The first-order valence-electron chi connectivity index (χ1n) is 7.31. The molecule has 3 rings (SSSR count). The first-order valence-corrected chi connectivity index (χ1v) is 8.19. The standard InChI is InChI=1S/C18H17N3OS/c1-13-9-10-23-17(13)11-20-21-18(22)12-19-16-8-4-6-14-5-2-3-7-15(14)16/h2-11,19H,12H2,1H3,(H,21,22)/b20-11-. The van der Waals surface area contributed by atoms with E-state index in [1.165, 1.54) is 0 Å². The second kappa shape index (κ2) is 7.07. The van der Waals surface area contributed by atoms with Crippen molar-refractivity contribution in [2.75, 3.05) is 11.9 Å². The van der Waals surface area contributed by atoms with Gasteiger partial charge in [-0.25, -0.2) is 5.43 Å². The number of rotatable bonds is 5. The van der Waals surface area contributed by atoms with E-state index in [0.29, 0.717) is 0 Å². The van der Waals surface area contributed by atoms with Crippen LogP contribution in [0.15, 0.2) is 59.0 Å². The smallest absolute Gasteiger partial charge is 0.259 e. The van der Waals surface area contributed by atoms with E-state index in [1.54, 1.807) is 17.6 Å². The normalized spacial score (nSPS) is 11.0. The Morgan fingerprint density at radius 2 is 2.00 bits per heavy atom. The number of nitrogens with zero attached hydrogens (tertiary/aromatic N) is 1. The van der Waals surface area contributed by atoms with Gasteiger partial charge >= 0.3 is 0 Å². The molecule has 23 heavy (non-hydrogen) atoms. The zero-order chi connectivity index (χ0) is 16.1. The molecule has 0 unspecified atom stereocenters. The largest absolute Gasteiger partial charge is 0.376 e. The number of hydrogen-bond donors (Lipinski definition) is 2. The predicted molar refractivity (Wildman–Crippen MR) is 97.2 cm³/mol. The molecule has 0 fully saturated rings. The molecule has 2 aromatic carbocycles. The number of carbonyl (C=O) groups is 1. The third-order valence-electron chi connectivity index (χ3n) is 3.50. The topological polar surface area (TPSA) is 53.5 Å². The van der Waals surface area contributed by atoms with Crippen molar-refractivity contribution in [3.05, 3.63) is 64.4 Å². The monoisotopic (exact) mass is 323 g/mol. The number of anilines is 1. The summed E-state index contributed by atoms with van der Waals surface area (Å²) in [7, 11) is 0. The molecule has 1 amide bonds. The fraction of sp³-hybridized carbons (Fsp3) is 0.111. The van der Waals surface area contributed by atoms with E-state index in [9.17, 15) is 4.79 Å². The number of aryl methyl sites for hydroxylation is 1. The van der Waals surface area contributed by atoms with Crippen LogP contribution in [0.25, 0.3) is 10.8 Å². The Morgan fingerprint density at radius 1 is 1.17 bits per heavy atom. The van der Waals surface area contributed by atoms with Crippen molar-refractivity contribution in [2.24, 2.45) is 5.10 Å². The average Bonchev–Trinajstić information content (AvgIpc) is 2.98. The Labute approximate surface area is 138 Å². The maximum atomic E-state index is 11.9. The van der Waals surface area contributed by atoms with Gasteiger partial charge in [0, 0.05) is 16.0 Å². The first-order chi connectivity index (χ1) is 11.2. The molecule has 0 aliphatic carbocycles. The van der Waals surface area contributed by atoms with Crippen molar-refractivity contribution in [3.63, 3.8) is 0 Å². The van der Waals surface area contributed by atoms with Crippen molar-refractivity contribution >= 4 is 39.9 Å². The molecule has 3 aromatic rings. The van der Waals surface area contributed by atoms with Gasteiger partial charge in [-0.1, -0.05) is 36.4 Å². The van der Waals surface area contributed by atoms with Crippen LogP contribution in [0.2, 0.25) is 0 Å². The van der Waals surface area contributed by atoms with Crippen LogP contribution in [-0.2, 0) is 4.79 Å². The molecule has 116 valence electrons. The maximum Gasteiger partial charge on any atom is 0.259 e. The quantitative estimate of drug-likeness (QED) is 0.555. The molecule has 0 aliphatic heterocycles. The summed E-state index contributed by atoms with van der Waals surface area (Å²) >= 11 is 1.60. The highest BCUT2D eigenvalue weighted by molar-refractivity contribution is 7.11. The summed E-state index contributed by atoms with van der Waals surface area (Å²) in [5.41, 5.74) is 4.64. The Bertz CT molecular complexity index is 849. The second-order valence-corrected chi connectivity index (χ2v) is 6.09. The lowest BCUT2D eigenvalue weighted by atomic mass is 10.1. The van der Waals surface area contributed by atoms with E-state index in [4.69, 9.17) is 0 Å². The fourth-order valence-corrected chi connectivity index (χ4v) is 3.06. The zero-order valence-electron chi connectivity index (χ0n) is 12.7. The van der Waals surface area contributed by atoms with Gasteiger partial charge in [-0.2, -0.15) is 5.10 Å². The van der Waals surface area contributed by atoms with E-state index in [-0.39, 0.29) is 12.5 Å². The van der Waals surface area contributed by atoms with Crippen LogP contribution in [0.4, 0.5) is 5.69 Å². The van der Waals surface area contributed by atoms with Gasteiger partial charge in [0.25, 0.3) is 5.91 Å². The second-order valence-electron chi connectivity index (χ2n) is 5.14. The van der Waals surface area contributed by atoms with Crippen LogP contribution < -0.4 is 10.7 Å². The molecule has 1 aromatic heterocycles. The van der Waals surface area contributed by atoms with Crippen molar-refractivity contribution in [2.45, 2.75) is 6.92 Å². The summed E-state index contributed by atoms with van der Waals surface area (Å²) < 4.78 is 0. The molecule has 0 aliphatic rings. The van der Waals surface area contributed by atoms with Gasteiger partial charge in [0.1, 0.15) is 0 Å². The highest BCUT2D eigenvalue weighted by Gasteiger charge is 2.03. The number of amides is 1. The first kappa shape index (κ1) is 15.2. The Balaban J connectivity index is 1.58. The number of nitrogens with one attached hydrogen (secondary N) is 2. The van der Waals surface area contributed by atoms with Crippen LogP contribution in [0.3, 0.4) is 0 Å². The van der Waals surface area contributed by atoms with Crippen LogP contribution >= 0.6 is 11.3 Å². The third kappa shape index (κ3) is 3.76. The number of benzene rings is 2. The number of hydrogen-bond acceptors (Lipinski definition) is 4. The zero-order valence-corrected chi connectivity index (χ0v) is 13.6. The molecule has 0 saturated heterocycles.